The lowest BCUT2D eigenvalue weighted by atomic mass is 10.2. The van der Waals surface area contributed by atoms with Crippen molar-refractivity contribution < 1.29 is 0 Å². The second kappa shape index (κ2) is 2.71. The Morgan fingerprint density at radius 2 is 2.33 bits per heavy atom. The Morgan fingerprint density at radius 1 is 1.50 bits per heavy atom. The van der Waals surface area contributed by atoms with Crippen molar-refractivity contribution in [2.45, 2.75) is 0 Å². The van der Waals surface area contributed by atoms with Crippen molar-refractivity contribution in [3.63, 3.8) is 0 Å². The normalized spacial score (nSPS) is 10.5. The summed E-state index contributed by atoms with van der Waals surface area (Å²) in [5.41, 5.74) is 2.06. The third-order valence-corrected chi connectivity index (χ3v) is 2.12. The molecule has 4 heteroatoms. The van der Waals surface area contributed by atoms with Crippen LogP contribution >= 0.6 is 12.8 Å². The van der Waals surface area contributed by atoms with Gasteiger partial charge < -0.3 is 4.72 Å². The zero-order valence-corrected chi connectivity index (χ0v) is 7.55. The predicted octanol–water partition coefficient (Wildman–Crippen LogP) is 1.83. The molecule has 0 unspecified atom stereocenters. The van der Waals surface area contributed by atoms with E-state index < -0.39 is 0 Å². The van der Waals surface area contributed by atoms with Crippen LogP contribution in [0.1, 0.15) is 0 Å². The smallest absolute Gasteiger partial charge is 0.0918 e. The van der Waals surface area contributed by atoms with Gasteiger partial charge in [-0.2, -0.15) is 5.10 Å². The molecule has 12 heavy (non-hydrogen) atoms. The number of anilines is 1. The molecular formula is C8H9N3S. The maximum atomic E-state index is 4.15. The standard InChI is InChI=1S/C8H9N3S/c1-11-8-6(5-9-11)3-2-4-7(8)10-12/h2-5,10,12H,1H3. The Morgan fingerprint density at radius 3 is 3.08 bits per heavy atom. The molecule has 62 valence electrons. The first-order valence-electron chi connectivity index (χ1n) is 3.64. The predicted molar refractivity (Wildman–Crippen MR) is 53.3 cm³/mol. The van der Waals surface area contributed by atoms with Crippen molar-refractivity contribution in [2.24, 2.45) is 7.05 Å². The summed E-state index contributed by atoms with van der Waals surface area (Å²) in [4.78, 5) is 0. The van der Waals surface area contributed by atoms with E-state index in [1.54, 1.807) is 0 Å². The number of thiol groups is 1. The number of hydrogen-bond acceptors (Lipinski definition) is 3. The van der Waals surface area contributed by atoms with Crippen LogP contribution in [0.25, 0.3) is 10.9 Å². The molecule has 0 aliphatic carbocycles. The van der Waals surface area contributed by atoms with E-state index in [4.69, 9.17) is 0 Å². The van der Waals surface area contributed by atoms with Gasteiger partial charge in [0.15, 0.2) is 0 Å². The summed E-state index contributed by atoms with van der Waals surface area (Å²) in [5, 5.41) is 5.27. The van der Waals surface area contributed by atoms with Gasteiger partial charge in [-0.05, 0) is 6.07 Å². The molecule has 1 aromatic carbocycles. The highest BCUT2D eigenvalue weighted by Gasteiger charge is 2.02. The molecule has 0 radical (unpaired) electrons. The summed E-state index contributed by atoms with van der Waals surface area (Å²) >= 11 is 4.02. The van der Waals surface area contributed by atoms with E-state index in [1.165, 1.54) is 0 Å². The van der Waals surface area contributed by atoms with Gasteiger partial charge in [0.1, 0.15) is 0 Å². The van der Waals surface area contributed by atoms with Crippen LogP contribution in [0.2, 0.25) is 0 Å². The van der Waals surface area contributed by atoms with Gasteiger partial charge >= 0.3 is 0 Å². The molecule has 2 aromatic rings. The monoisotopic (exact) mass is 179 g/mol. The fourth-order valence-corrected chi connectivity index (χ4v) is 1.50. The Kier molecular flexibility index (Phi) is 1.69. The molecule has 0 amide bonds. The number of para-hydroxylation sites is 1. The van der Waals surface area contributed by atoms with E-state index in [0.29, 0.717) is 0 Å². The largest absolute Gasteiger partial charge is 0.331 e. The summed E-state index contributed by atoms with van der Waals surface area (Å²) in [6, 6.07) is 5.97. The topological polar surface area (TPSA) is 29.9 Å². The quantitative estimate of drug-likeness (QED) is 0.654. The highest BCUT2D eigenvalue weighted by Crippen LogP contribution is 2.22. The lowest BCUT2D eigenvalue weighted by Crippen LogP contribution is -1.92. The minimum atomic E-state index is 0.982. The van der Waals surface area contributed by atoms with Gasteiger partial charge in [0.2, 0.25) is 0 Å². The van der Waals surface area contributed by atoms with Crippen molar-refractivity contribution in [1.82, 2.24) is 9.78 Å². The van der Waals surface area contributed by atoms with Crippen LogP contribution in [0, 0.1) is 0 Å². The number of nitrogens with zero attached hydrogens (tertiary/aromatic N) is 2. The number of fused-ring (bicyclic) bond motifs is 1. The van der Waals surface area contributed by atoms with Gasteiger partial charge in [0.25, 0.3) is 0 Å². The molecule has 2 rings (SSSR count). The Balaban J connectivity index is 2.84. The summed E-state index contributed by atoms with van der Waals surface area (Å²) < 4.78 is 4.66. The molecule has 3 nitrogen and oxygen atoms in total. The second-order valence-electron chi connectivity index (χ2n) is 2.62. The Hall–Kier alpha value is -1.16. The van der Waals surface area contributed by atoms with Gasteiger partial charge in [-0.1, -0.05) is 24.9 Å². The number of benzene rings is 1. The first-order chi connectivity index (χ1) is 5.83. The van der Waals surface area contributed by atoms with Gasteiger partial charge in [0.05, 0.1) is 17.4 Å². The number of aryl methyl sites for hydroxylation is 1. The zero-order chi connectivity index (χ0) is 8.55. The van der Waals surface area contributed by atoms with E-state index in [2.05, 4.69) is 22.6 Å². The van der Waals surface area contributed by atoms with Crippen molar-refractivity contribution in [3.05, 3.63) is 24.4 Å². The van der Waals surface area contributed by atoms with Gasteiger partial charge in [0, 0.05) is 12.4 Å². The molecule has 1 aromatic heterocycles. The number of nitrogens with one attached hydrogen (secondary N) is 1. The van der Waals surface area contributed by atoms with E-state index in [-0.39, 0.29) is 0 Å². The van der Waals surface area contributed by atoms with Gasteiger partial charge in [-0.25, -0.2) is 0 Å². The van der Waals surface area contributed by atoms with Crippen molar-refractivity contribution >= 4 is 29.4 Å². The number of hydrogen-bond donors (Lipinski definition) is 2. The second-order valence-corrected chi connectivity index (χ2v) is 2.85. The van der Waals surface area contributed by atoms with Crippen LogP contribution in [0.5, 0.6) is 0 Å². The molecule has 0 saturated heterocycles. The molecule has 0 aliphatic heterocycles. The van der Waals surface area contributed by atoms with Crippen LogP contribution in [0.3, 0.4) is 0 Å². The first kappa shape index (κ1) is 7.49. The van der Waals surface area contributed by atoms with Crippen LogP contribution in [0.4, 0.5) is 5.69 Å². The Labute approximate surface area is 75.9 Å². The summed E-state index contributed by atoms with van der Waals surface area (Å²) in [6.45, 7) is 0. The third kappa shape index (κ3) is 0.956. The van der Waals surface area contributed by atoms with Gasteiger partial charge in [-0.3, -0.25) is 4.68 Å². The summed E-state index contributed by atoms with van der Waals surface area (Å²) in [6.07, 6.45) is 1.84. The zero-order valence-electron chi connectivity index (χ0n) is 6.65. The fourth-order valence-electron chi connectivity index (χ4n) is 1.32. The van der Waals surface area contributed by atoms with E-state index in [0.717, 1.165) is 16.6 Å². The maximum absolute atomic E-state index is 4.15. The van der Waals surface area contributed by atoms with Crippen molar-refractivity contribution in [1.29, 1.82) is 0 Å². The molecule has 0 saturated carbocycles. The number of aromatic nitrogens is 2. The van der Waals surface area contributed by atoms with E-state index in [1.807, 2.05) is 36.1 Å². The average molecular weight is 179 g/mol. The van der Waals surface area contributed by atoms with Crippen molar-refractivity contribution in [2.75, 3.05) is 4.72 Å². The minimum absolute atomic E-state index is 0.982. The lowest BCUT2D eigenvalue weighted by Gasteiger charge is -2.01. The van der Waals surface area contributed by atoms with Crippen LogP contribution < -0.4 is 4.72 Å². The van der Waals surface area contributed by atoms with Crippen molar-refractivity contribution in [3.8, 4) is 0 Å². The first-order valence-corrected chi connectivity index (χ1v) is 4.08. The molecule has 0 bridgehead atoms. The highest BCUT2D eigenvalue weighted by atomic mass is 32.1. The molecule has 0 aliphatic rings. The van der Waals surface area contributed by atoms with Gasteiger partial charge in [-0.15, -0.1) is 0 Å². The fraction of sp³-hybridized carbons (Fsp3) is 0.125. The molecule has 1 N–H and O–H groups in total. The van der Waals surface area contributed by atoms with Crippen LogP contribution in [-0.2, 0) is 7.05 Å². The Bertz CT molecular complexity index is 408. The molecule has 0 atom stereocenters. The molecule has 0 spiro atoms. The van der Waals surface area contributed by atoms with Crippen LogP contribution in [0.15, 0.2) is 24.4 Å². The maximum Gasteiger partial charge on any atom is 0.0918 e. The molecule has 0 fully saturated rings. The summed E-state index contributed by atoms with van der Waals surface area (Å²) in [5.74, 6) is 0. The minimum Gasteiger partial charge on any atom is -0.331 e. The van der Waals surface area contributed by atoms with E-state index >= 15 is 0 Å². The van der Waals surface area contributed by atoms with E-state index in [9.17, 15) is 0 Å². The molecule has 1 heterocycles. The SMILES string of the molecule is Cn1ncc2cccc(NS)c21. The summed E-state index contributed by atoms with van der Waals surface area (Å²) in [7, 11) is 1.91. The van der Waals surface area contributed by atoms with Crippen LogP contribution in [-0.4, -0.2) is 9.78 Å². The number of rotatable bonds is 1. The highest BCUT2D eigenvalue weighted by molar-refractivity contribution is 7.81. The molecular weight excluding hydrogens is 170 g/mol. The average Bonchev–Trinajstić information content (AvgIpc) is 2.48. The lowest BCUT2D eigenvalue weighted by molar-refractivity contribution is 0.798. The third-order valence-electron chi connectivity index (χ3n) is 1.88.